The lowest BCUT2D eigenvalue weighted by atomic mass is 9.85. The number of nitrogens with zero attached hydrogens (tertiary/aromatic N) is 1. The van der Waals surface area contributed by atoms with E-state index in [4.69, 9.17) is 0 Å². The minimum Gasteiger partial charge on any atom is -0.389 e. The molecule has 1 aromatic rings. The first-order chi connectivity index (χ1) is 8.20. The summed E-state index contributed by atoms with van der Waals surface area (Å²) in [5, 5.41) is 13.8. The Morgan fingerprint density at radius 1 is 1.35 bits per heavy atom. The van der Waals surface area contributed by atoms with Crippen LogP contribution in [0.2, 0.25) is 0 Å². The highest BCUT2D eigenvalue weighted by Crippen LogP contribution is 2.27. The maximum atomic E-state index is 10.4. The molecule has 1 fully saturated rings. The van der Waals surface area contributed by atoms with Crippen LogP contribution in [0.5, 0.6) is 0 Å². The van der Waals surface area contributed by atoms with Crippen LogP contribution in [0.25, 0.3) is 0 Å². The zero-order chi connectivity index (χ0) is 12.1. The summed E-state index contributed by atoms with van der Waals surface area (Å²) >= 11 is 0. The molecule has 0 aromatic carbocycles. The van der Waals surface area contributed by atoms with Gasteiger partial charge in [-0.05, 0) is 31.9 Å². The van der Waals surface area contributed by atoms with Crippen LogP contribution in [-0.4, -0.2) is 22.2 Å². The molecule has 2 rings (SSSR count). The van der Waals surface area contributed by atoms with Crippen LogP contribution in [0.3, 0.4) is 0 Å². The van der Waals surface area contributed by atoms with Crippen molar-refractivity contribution in [2.75, 3.05) is 6.54 Å². The third-order valence-electron chi connectivity index (χ3n) is 3.65. The molecule has 1 aliphatic rings. The summed E-state index contributed by atoms with van der Waals surface area (Å²) in [5.41, 5.74) is 0.535. The van der Waals surface area contributed by atoms with Gasteiger partial charge in [0.05, 0.1) is 11.3 Å². The second-order valence-corrected chi connectivity index (χ2v) is 5.14. The molecule has 1 heterocycles. The smallest absolute Gasteiger partial charge is 0.0771 e. The monoisotopic (exact) mass is 234 g/mol. The number of pyridine rings is 1. The predicted octanol–water partition coefficient (Wildman–Crippen LogP) is 2.43. The van der Waals surface area contributed by atoms with E-state index < -0.39 is 5.60 Å². The van der Waals surface area contributed by atoms with Crippen molar-refractivity contribution in [3.63, 3.8) is 0 Å². The van der Waals surface area contributed by atoms with Crippen molar-refractivity contribution in [2.24, 2.45) is 0 Å². The van der Waals surface area contributed by atoms with Gasteiger partial charge in [-0.3, -0.25) is 4.98 Å². The number of aromatic nitrogens is 1. The van der Waals surface area contributed by atoms with Crippen LogP contribution in [0.4, 0.5) is 0 Å². The SMILES string of the molecule is C[C@@H](NCC1(O)CCCCC1)c1ccccn1. The Balaban J connectivity index is 1.85. The average molecular weight is 234 g/mol. The van der Waals surface area contributed by atoms with Crippen LogP contribution in [0, 0.1) is 0 Å². The molecule has 0 amide bonds. The molecule has 1 aromatic heterocycles. The lowest BCUT2D eigenvalue weighted by Gasteiger charge is -2.33. The summed E-state index contributed by atoms with van der Waals surface area (Å²) in [5.74, 6) is 0. The van der Waals surface area contributed by atoms with Crippen molar-refractivity contribution in [1.29, 1.82) is 0 Å². The highest BCUT2D eigenvalue weighted by molar-refractivity contribution is 5.07. The molecule has 0 saturated heterocycles. The largest absolute Gasteiger partial charge is 0.389 e. The van der Waals surface area contributed by atoms with E-state index in [-0.39, 0.29) is 6.04 Å². The van der Waals surface area contributed by atoms with Crippen LogP contribution in [0.15, 0.2) is 24.4 Å². The number of aliphatic hydroxyl groups is 1. The highest BCUT2D eigenvalue weighted by Gasteiger charge is 2.29. The summed E-state index contributed by atoms with van der Waals surface area (Å²) in [6, 6.07) is 6.13. The molecular weight excluding hydrogens is 212 g/mol. The summed E-state index contributed by atoms with van der Waals surface area (Å²) in [7, 11) is 0. The van der Waals surface area contributed by atoms with Crippen molar-refractivity contribution in [3.8, 4) is 0 Å². The van der Waals surface area contributed by atoms with Gasteiger partial charge in [0.1, 0.15) is 0 Å². The zero-order valence-electron chi connectivity index (χ0n) is 10.5. The van der Waals surface area contributed by atoms with Gasteiger partial charge in [-0.2, -0.15) is 0 Å². The second kappa shape index (κ2) is 5.61. The summed E-state index contributed by atoms with van der Waals surface area (Å²) in [4.78, 5) is 4.32. The van der Waals surface area contributed by atoms with E-state index in [1.807, 2.05) is 24.4 Å². The minimum absolute atomic E-state index is 0.196. The molecule has 0 spiro atoms. The maximum Gasteiger partial charge on any atom is 0.0771 e. The lowest BCUT2D eigenvalue weighted by Crippen LogP contribution is -2.43. The zero-order valence-corrected chi connectivity index (χ0v) is 10.5. The Bertz CT molecular complexity index is 333. The highest BCUT2D eigenvalue weighted by atomic mass is 16.3. The van der Waals surface area contributed by atoms with Gasteiger partial charge in [-0.25, -0.2) is 0 Å². The molecule has 3 nitrogen and oxygen atoms in total. The molecule has 1 aliphatic carbocycles. The van der Waals surface area contributed by atoms with Crippen LogP contribution >= 0.6 is 0 Å². The third-order valence-corrected chi connectivity index (χ3v) is 3.65. The van der Waals surface area contributed by atoms with E-state index in [0.717, 1.165) is 31.4 Å². The van der Waals surface area contributed by atoms with E-state index in [0.29, 0.717) is 6.54 Å². The fourth-order valence-corrected chi connectivity index (χ4v) is 2.47. The van der Waals surface area contributed by atoms with Gasteiger partial charge in [0, 0.05) is 18.8 Å². The average Bonchev–Trinajstić information content (AvgIpc) is 2.38. The first-order valence-electron chi connectivity index (χ1n) is 6.56. The van der Waals surface area contributed by atoms with E-state index in [1.54, 1.807) is 0 Å². The normalized spacial score (nSPS) is 21.1. The molecule has 0 unspecified atom stereocenters. The predicted molar refractivity (Wildman–Crippen MR) is 68.7 cm³/mol. The van der Waals surface area contributed by atoms with Gasteiger partial charge in [0.15, 0.2) is 0 Å². The Hall–Kier alpha value is -0.930. The Labute approximate surface area is 103 Å². The van der Waals surface area contributed by atoms with Crippen molar-refractivity contribution in [1.82, 2.24) is 10.3 Å². The van der Waals surface area contributed by atoms with Gasteiger partial charge >= 0.3 is 0 Å². The van der Waals surface area contributed by atoms with Crippen LogP contribution in [0.1, 0.15) is 50.8 Å². The van der Waals surface area contributed by atoms with Crippen molar-refractivity contribution in [3.05, 3.63) is 30.1 Å². The lowest BCUT2D eigenvalue weighted by molar-refractivity contribution is 0.00291. The number of hydrogen-bond acceptors (Lipinski definition) is 3. The standard InChI is InChI=1S/C14H22N2O/c1-12(13-7-3-6-10-15-13)16-11-14(17)8-4-2-5-9-14/h3,6-7,10,12,16-17H,2,4-5,8-9,11H2,1H3/t12-/m1/s1. The van der Waals surface area contributed by atoms with Crippen molar-refractivity contribution < 1.29 is 5.11 Å². The Morgan fingerprint density at radius 2 is 2.12 bits per heavy atom. The molecule has 94 valence electrons. The summed E-state index contributed by atoms with van der Waals surface area (Å²) in [6.45, 7) is 2.76. The molecule has 0 bridgehead atoms. The molecule has 0 aliphatic heterocycles. The van der Waals surface area contributed by atoms with Gasteiger partial charge in [-0.1, -0.05) is 25.3 Å². The maximum absolute atomic E-state index is 10.4. The molecular formula is C14H22N2O. The van der Waals surface area contributed by atoms with Crippen LogP contribution < -0.4 is 5.32 Å². The van der Waals surface area contributed by atoms with Crippen molar-refractivity contribution in [2.45, 2.75) is 50.7 Å². The Morgan fingerprint density at radius 3 is 2.76 bits per heavy atom. The van der Waals surface area contributed by atoms with Crippen LogP contribution in [-0.2, 0) is 0 Å². The van der Waals surface area contributed by atoms with E-state index >= 15 is 0 Å². The Kier molecular flexibility index (Phi) is 4.13. The molecule has 1 atom stereocenters. The van der Waals surface area contributed by atoms with Gasteiger partial charge in [0.2, 0.25) is 0 Å². The number of rotatable bonds is 4. The second-order valence-electron chi connectivity index (χ2n) is 5.14. The molecule has 1 saturated carbocycles. The van der Waals surface area contributed by atoms with Gasteiger partial charge in [-0.15, -0.1) is 0 Å². The number of nitrogens with one attached hydrogen (secondary N) is 1. The van der Waals surface area contributed by atoms with Gasteiger partial charge < -0.3 is 10.4 Å². The first kappa shape index (κ1) is 12.5. The molecule has 2 N–H and O–H groups in total. The van der Waals surface area contributed by atoms with E-state index in [9.17, 15) is 5.11 Å². The molecule has 0 radical (unpaired) electrons. The fraction of sp³-hybridized carbons (Fsp3) is 0.643. The molecule has 3 heteroatoms. The van der Waals surface area contributed by atoms with Crippen molar-refractivity contribution >= 4 is 0 Å². The minimum atomic E-state index is -0.499. The van der Waals surface area contributed by atoms with E-state index in [2.05, 4.69) is 17.2 Å². The third kappa shape index (κ3) is 3.51. The molecule has 17 heavy (non-hydrogen) atoms. The topological polar surface area (TPSA) is 45.1 Å². The quantitative estimate of drug-likeness (QED) is 0.841. The summed E-state index contributed by atoms with van der Waals surface area (Å²) < 4.78 is 0. The fourth-order valence-electron chi connectivity index (χ4n) is 2.47. The summed E-state index contributed by atoms with van der Waals surface area (Å²) in [6.07, 6.45) is 7.22. The first-order valence-corrected chi connectivity index (χ1v) is 6.56. The van der Waals surface area contributed by atoms with Gasteiger partial charge in [0.25, 0.3) is 0 Å². The van der Waals surface area contributed by atoms with E-state index in [1.165, 1.54) is 6.42 Å². The number of hydrogen-bond donors (Lipinski definition) is 2.